The zero-order valence-electron chi connectivity index (χ0n) is 14.1. The van der Waals surface area contributed by atoms with Crippen LogP contribution in [0.5, 0.6) is 0 Å². The Morgan fingerprint density at radius 2 is 2.16 bits per heavy atom. The van der Waals surface area contributed by atoms with E-state index in [-0.39, 0.29) is 12.5 Å². The van der Waals surface area contributed by atoms with Gasteiger partial charge in [-0.3, -0.25) is 4.79 Å². The summed E-state index contributed by atoms with van der Waals surface area (Å²) in [5, 5.41) is 8.40. The summed E-state index contributed by atoms with van der Waals surface area (Å²) in [6.07, 6.45) is 0. The van der Waals surface area contributed by atoms with Crippen LogP contribution in [-0.2, 0) is 16.1 Å². The highest BCUT2D eigenvalue weighted by Crippen LogP contribution is 2.30. The summed E-state index contributed by atoms with van der Waals surface area (Å²) in [6, 6.07) is 7.79. The molecule has 0 atom stereocenters. The summed E-state index contributed by atoms with van der Waals surface area (Å²) in [5.74, 6) is 0.390. The monoisotopic (exact) mass is 404 g/mol. The average Bonchev–Trinajstić information content (AvgIpc) is 3.13. The minimum atomic E-state index is -0.374. The van der Waals surface area contributed by atoms with Gasteiger partial charge in [0.2, 0.25) is 5.82 Å². The molecule has 1 aromatic carbocycles. The van der Waals surface area contributed by atoms with E-state index in [4.69, 9.17) is 9.26 Å². The van der Waals surface area contributed by atoms with E-state index < -0.39 is 0 Å². The van der Waals surface area contributed by atoms with Gasteiger partial charge in [0.05, 0.1) is 16.8 Å². The second-order valence-corrected chi connectivity index (χ2v) is 6.30. The molecule has 0 fully saturated rings. The molecular formula is C17H17BrN4O3. The van der Waals surface area contributed by atoms with Gasteiger partial charge in [-0.05, 0) is 48.8 Å². The van der Waals surface area contributed by atoms with Gasteiger partial charge >= 0.3 is 5.97 Å². The Bertz CT molecular complexity index is 917. The maximum absolute atomic E-state index is 11.8. The van der Waals surface area contributed by atoms with E-state index in [1.54, 1.807) is 6.92 Å². The third-order valence-electron chi connectivity index (χ3n) is 3.54. The lowest BCUT2D eigenvalue weighted by Crippen LogP contribution is -2.15. The van der Waals surface area contributed by atoms with Crippen molar-refractivity contribution in [3.8, 4) is 23.0 Å². The van der Waals surface area contributed by atoms with Crippen LogP contribution in [0.2, 0.25) is 0 Å². The molecule has 2 heterocycles. The Hall–Kier alpha value is -2.48. The van der Waals surface area contributed by atoms with Gasteiger partial charge in [0, 0.05) is 5.56 Å². The van der Waals surface area contributed by atoms with Gasteiger partial charge in [-0.15, -0.1) is 0 Å². The van der Waals surface area contributed by atoms with Gasteiger partial charge in [-0.25, -0.2) is 4.68 Å². The molecular weight excluding hydrogens is 388 g/mol. The van der Waals surface area contributed by atoms with Crippen molar-refractivity contribution in [1.82, 2.24) is 19.9 Å². The van der Waals surface area contributed by atoms with E-state index in [0.29, 0.717) is 28.5 Å². The van der Waals surface area contributed by atoms with Crippen molar-refractivity contribution in [2.45, 2.75) is 27.3 Å². The fraction of sp³-hybridized carbons (Fsp3) is 0.294. The number of esters is 1. The highest BCUT2D eigenvalue weighted by atomic mass is 79.9. The molecule has 0 aliphatic carbocycles. The van der Waals surface area contributed by atoms with Crippen LogP contribution in [0, 0.1) is 13.8 Å². The molecule has 0 saturated carbocycles. The summed E-state index contributed by atoms with van der Waals surface area (Å²) in [5.41, 5.74) is 3.24. The molecule has 25 heavy (non-hydrogen) atoms. The van der Waals surface area contributed by atoms with Gasteiger partial charge in [0.1, 0.15) is 12.2 Å². The van der Waals surface area contributed by atoms with Gasteiger partial charge < -0.3 is 9.26 Å². The van der Waals surface area contributed by atoms with Crippen LogP contribution in [0.15, 0.2) is 33.3 Å². The molecule has 0 radical (unpaired) electrons. The Kier molecular flexibility index (Phi) is 4.98. The smallest absolute Gasteiger partial charge is 0.327 e. The van der Waals surface area contributed by atoms with Crippen molar-refractivity contribution < 1.29 is 14.1 Å². The number of carbonyl (C=O) groups excluding carboxylic acids is 1. The molecule has 3 rings (SSSR count). The first-order valence-electron chi connectivity index (χ1n) is 7.79. The van der Waals surface area contributed by atoms with Crippen LogP contribution in [0.4, 0.5) is 0 Å². The summed E-state index contributed by atoms with van der Waals surface area (Å²) in [7, 11) is 0. The molecule has 0 bridgehead atoms. The number of rotatable bonds is 5. The molecule has 0 amide bonds. The number of halogens is 1. The molecule has 7 nitrogen and oxygen atoms in total. The highest BCUT2D eigenvalue weighted by molar-refractivity contribution is 9.10. The first-order chi connectivity index (χ1) is 12.0. The molecule has 0 saturated heterocycles. The predicted octanol–water partition coefficient (Wildman–Crippen LogP) is 3.54. The van der Waals surface area contributed by atoms with Crippen molar-refractivity contribution in [2.24, 2.45) is 0 Å². The van der Waals surface area contributed by atoms with Gasteiger partial charge in [-0.2, -0.15) is 10.1 Å². The zero-order chi connectivity index (χ0) is 18.0. The molecule has 0 N–H and O–H groups in total. The molecule has 130 valence electrons. The first kappa shape index (κ1) is 17.3. The van der Waals surface area contributed by atoms with Crippen LogP contribution in [0.3, 0.4) is 0 Å². The second-order valence-electron chi connectivity index (χ2n) is 5.50. The lowest BCUT2D eigenvalue weighted by atomic mass is 10.1. The van der Waals surface area contributed by atoms with Crippen LogP contribution < -0.4 is 0 Å². The number of ether oxygens (including phenoxy) is 1. The Balaban J connectivity index is 1.98. The minimum absolute atomic E-state index is 0.0239. The van der Waals surface area contributed by atoms with Crippen molar-refractivity contribution in [3.63, 3.8) is 0 Å². The number of hydrogen-bond donors (Lipinski definition) is 0. The van der Waals surface area contributed by atoms with Crippen LogP contribution in [0.1, 0.15) is 18.2 Å². The van der Waals surface area contributed by atoms with Crippen LogP contribution in [0.25, 0.3) is 23.0 Å². The molecule has 0 aliphatic heterocycles. The van der Waals surface area contributed by atoms with E-state index in [1.807, 2.05) is 38.1 Å². The maximum atomic E-state index is 11.8. The largest absolute Gasteiger partial charge is 0.465 e. The van der Waals surface area contributed by atoms with E-state index in [9.17, 15) is 4.79 Å². The van der Waals surface area contributed by atoms with Gasteiger partial charge in [0.15, 0.2) is 0 Å². The van der Waals surface area contributed by atoms with Crippen molar-refractivity contribution in [1.29, 1.82) is 0 Å². The summed E-state index contributed by atoms with van der Waals surface area (Å²) in [4.78, 5) is 16.3. The topological polar surface area (TPSA) is 83.0 Å². The van der Waals surface area contributed by atoms with Crippen LogP contribution in [-0.4, -0.2) is 32.5 Å². The first-order valence-corrected chi connectivity index (χ1v) is 8.58. The normalized spacial score (nSPS) is 10.9. The third-order valence-corrected chi connectivity index (χ3v) is 4.49. The van der Waals surface area contributed by atoms with Crippen molar-refractivity contribution in [3.05, 3.63) is 40.0 Å². The Morgan fingerprint density at radius 3 is 2.88 bits per heavy atom. The lowest BCUT2D eigenvalue weighted by molar-refractivity contribution is -0.144. The van der Waals surface area contributed by atoms with E-state index in [2.05, 4.69) is 31.2 Å². The molecule has 8 heteroatoms. The van der Waals surface area contributed by atoms with E-state index >= 15 is 0 Å². The number of carbonyl (C=O) groups is 1. The molecule has 2 aromatic heterocycles. The number of hydrogen-bond acceptors (Lipinski definition) is 6. The fourth-order valence-electron chi connectivity index (χ4n) is 2.43. The highest BCUT2D eigenvalue weighted by Gasteiger charge is 2.22. The van der Waals surface area contributed by atoms with E-state index in [0.717, 1.165) is 16.8 Å². The minimum Gasteiger partial charge on any atom is -0.465 e. The van der Waals surface area contributed by atoms with Crippen LogP contribution >= 0.6 is 15.9 Å². The molecule has 0 unspecified atom stereocenters. The Morgan fingerprint density at radius 1 is 1.36 bits per heavy atom. The standard InChI is InChI=1S/C17H17BrN4O3/c1-4-24-13(23)9-22-15(14(18)11(3)20-22)16-19-17(25-21-16)12-7-5-6-10(2)8-12/h5-8H,4,9H2,1-3H3. The van der Waals surface area contributed by atoms with Gasteiger partial charge in [-0.1, -0.05) is 22.9 Å². The maximum Gasteiger partial charge on any atom is 0.327 e. The SMILES string of the molecule is CCOC(=O)Cn1nc(C)c(Br)c1-c1noc(-c2cccc(C)c2)n1. The summed E-state index contributed by atoms with van der Waals surface area (Å²) in [6.45, 7) is 5.88. The predicted molar refractivity (Wildman–Crippen MR) is 94.8 cm³/mol. The number of benzene rings is 1. The van der Waals surface area contributed by atoms with Crippen molar-refractivity contribution >= 4 is 21.9 Å². The third kappa shape index (κ3) is 3.63. The number of nitrogens with zero attached hydrogens (tertiary/aromatic N) is 4. The summed E-state index contributed by atoms with van der Waals surface area (Å²) < 4.78 is 12.6. The zero-order valence-corrected chi connectivity index (χ0v) is 15.7. The number of aryl methyl sites for hydroxylation is 2. The van der Waals surface area contributed by atoms with Crippen molar-refractivity contribution in [2.75, 3.05) is 6.61 Å². The van der Waals surface area contributed by atoms with E-state index in [1.165, 1.54) is 4.68 Å². The summed E-state index contributed by atoms with van der Waals surface area (Å²) >= 11 is 3.49. The number of aromatic nitrogens is 4. The molecule has 0 spiro atoms. The second kappa shape index (κ2) is 7.18. The fourth-order valence-corrected chi connectivity index (χ4v) is 2.89. The average molecular weight is 405 g/mol. The molecule has 0 aliphatic rings. The lowest BCUT2D eigenvalue weighted by Gasteiger charge is -2.04. The Labute approximate surface area is 153 Å². The van der Waals surface area contributed by atoms with Gasteiger partial charge in [0.25, 0.3) is 5.89 Å². The molecule has 3 aromatic rings. The quantitative estimate of drug-likeness (QED) is 0.604.